The molecule has 0 spiro atoms. The lowest BCUT2D eigenvalue weighted by molar-refractivity contribution is -0.153. The van der Waals surface area contributed by atoms with Gasteiger partial charge in [0.25, 0.3) is 0 Å². The fourth-order valence-corrected chi connectivity index (χ4v) is 4.77. The molecular weight excluding hydrogens is 428 g/mol. The van der Waals surface area contributed by atoms with E-state index >= 15 is 0 Å². The van der Waals surface area contributed by atoms with E-state index in [2.05, 4.69) is 0 Å². The summed E-state index contributed by atoms with van der Waals surface area (Å²) in [6.07, 6.45) is 0. The molecular formula is C20H16N2O6S2. The molecule has 0 aliphatic heterocycles. The van der Waals surface area contributed by atoms with Gasteiger partial charge in [0.2, 0.25) is 0 Å². The summed E-state index contributed by atoms with van der Waals surface area (Å²) in [6, 6.07) is 14.4. The molecule has 0 atom stereocenters. The second-order valence-corrected chi connectivity index (χ2v) is 8.27. The fourth-order valence-electron chi connectivity index (χ4n) is 2.99. The molecule has 2 heterocycles. The van der Waals surface area contributed by atoms with Crippen LogP contribution in [-0.4, -0.2) is 34.3 Å². The van der Waals surface area contributed by atoms with Crippen molar-refractivity contribution in [2.24, 2.45) is 0 Å². The third-order valence-corrected chi connectivity index (χ3v) is 6.25. The molecule has 10 heteroatoms. The van der Waals surface area contributed by atoms with Crippen LogP contribution < -0.4 is 9.75 Å². The minimum atomic E-state index is -0.600. The zero-order valence-corrected chi connectivity index (χ0v) is 17.2. The van der Waals surface area contributed by atoms with E-state index in [0.717, 1.165) is 32.1 Å². The number of nitrogens with zero attached hydrogens (tertiary/aromatic N) is 2. The summed E-state index contributed by atoms with van der Waals surface area (Å²) in [6.45, 7) is -0.707. The highest BCUT2D eigenvalue weighted by atomic mass is 32.1. The molecule has 0 fully saturated rings. The maximum absolute atomic E-state index is 12.0. The van der Waals surface area contributed by atoms with Crippen molar-refractivity contribution in [2.75, 3.05) is 13.2 Å². The van der Waals surface area contributed by atoms with Crippen molar-refractivity contribution in [1.82, 2.24) is 9.13 Å². The number of carbonyl (C=O) groups excluding carboxylic acids is 2. The van der Waals surface area contributed by atoms with E-state index in [0.29, 0.717) is 11.0 Å². The normalized spacial score (nSPS) is 11.1. The van der Waals surface area contributed by atoms with Crippen molar-refractivity contribution in [3.63, 3.8) is 0 Å². The Labute approximate surface area is 177 Å². The lowest BCUT2D eigenvalue weighted by atomic mass is 10.3. The number of hydrogen-bond acceptors (Lipinski definition) is 8. The number of rotatable bonds is 7. The summed E-state index contributed by atoms with van der Waals surface area (Å²) in [5, 5.41) is 0. The van der Waals surface area contributed by atoms with Gasteiger partial charge in [0.1, 0.15) is 26.3 Å². The van der Waals surface area contributed by atoms with Gasteiger partial charge in [-0.15, -0.1) is 0 Å². The number of hydrogen-bond donors (Lipinski definition) is 0. The molecule has 0 N–H and O–H groups in total. The van der Waals surface area contributed by atoms with Crippen molar-refractivity contribution in [3.05, 3.63) is 67.9 Å². The number of esters is 2. The van der Waals surface area contributed by atoms with Gasteiger partial charge in [0.05, 0.1) is 20.4 Å². The van der Waals surface area contributed by atoms with Crippen LogP contribution in [0.2, 0.25) is 0 Å². The Bertz CT molecular complexity index is 1240. The average Bonchev–Trinajstić information content (AvgIpc) is 3.22. The van der Waals surface area contributed by atoms with E-state index in [9.17, 15) is 19.2 Å². The Hall–Kier alpha value is -3.24. The number of thiazole rings is 2. The van der Waals surface area contributed by atoms with Gasteiger partial charge in [-0.05, 0) is 24.3 Å². The van der Waals surface area contributed by atoms with E-state index in [1.165, 1.54) is 9.13 Å². The molecule has 4 rings (SSSR count). The molecule has 0 unspecified atom stereocenters. The Kier molecular flexibility index (Phi) is 5.77. The van der Waals surface area contributed by atoms with Gasteiger partial charge in [-0.1, -0.05) is 46.9 Å². The fraction of sp³-hybridized carbons (Fsp3) is 0.200. The summed E-state index contributed by atoms with van der Waals surface area (Å²) in [5.41, 5.74) is 1.34. The van der Waals surface area contributed by atoms with Crippen molar-refractivity contribution < 1.29 is 19.1 Å². The van der Waals surface area contributed by atoms with Crippen LogP contribution in [0.15, 0.2) is 58.1 Å². The Morgan fingerprint density at radius 3 is 1.53 bits per heavy atom. The van der Waals surface area contributed by atoms with Crippen molar-refractivity contribution in [2.45, 2.75) is 13.1 Å². The van der Waals surface area contributed by atoms with Crippen molar-refractivity contribution in [1.29, 1.82) is 0 Å². The summed E-state index contributed by atoms with van der Waals surface area (Å²) in [5.74, 6) is -1.20. The van der Waals surface area contributed by atoms with Crippen LogP contribution >= 0.6 is 22.7 Å². The van der Waals surface area contributed by atoms with Crippen LogP contribution in [0.3, 0.4) is 0 Å². The van der Waals surface area contributed by atoms with E-state index < -0.39 is 11.9 Å². The first kappa shape index (κ1) is 20.0. The molecule has 0 bridgehead atoms. The predicted molar refractivity (Wildman–Crippen MR) is 114 cm³/mol. The molecule has 4 aromatic rings. The topological polar surface area (TPSA) is 96.6 Å². The van der Waals surface area contributed by atoms with Crippen molar-refractivity contribution in [3.8, 4) is 0 Å². The van der Waals surface area contributed by atoms with E-state index in [1.54, 1.807) is 24.3 Å². The van der Waals surface area contributed by atoms with Gasteiger partial charge in [0.15, 0.2) is 0 Å². The lowest BCUT2D eigenvalue weighted by Gasteiger charge is -2.08. The van der Waals surface area contributed by atoms with Crippen LogP contribution in [0.1, 0.15) is 0 Å². The number of carbonyl (C=O) groups is 2. The average molecular weight is 444 g/mol. The number of ether oxygens (including phenoxy) is 2. The van der Waals surface area contributed by atoms with Crippen LogP contribution in [0.5, 0.6) is 0 Å². The molecule has 0 amide bonds. The number of fused-ring (bicyclic) bond motifs is 2. The Morgan fingerprint density at radius 2 is 1.10 bits per heavy atom. The van der Waals surface area contributed by atoms with Crippen molar-refractivity contribution >= 4 is 55.0 Å². The first-order valence-corrected chi connectivity index (χ1v) is 10.6. The zero-order valence-electron chi connectivity index (χ0n) is 15.6. The first-order chi connectivity index (χ1) is 14.5. The maximum Gasteiger partial charge on any atom is 0.326 e. The molecule has 0 aliphatic carbocycles. The van der Waals surface area contributed by atoms with E-state index in [1.807, 2.05) is 24.3 Å². The SMILES string of the molecule is O=C(Cn1c(=O)sc2ccccc21)OCCOC(=O)Cn1c(=O)sc2ccccc21. The smallest absolute Gasteiger partial charge is 0.326 e. The van der Waals surface area contributed by atoms with E-state index in [-0.39, 0.29) is 36.0 Å². The number of benzene rings is 2. The summed E-state index contributed by atoms with van der Waals surface area (Å²) < 4.78 is 14.4. The predicted octanol–water partition coefficient (Wildman–Crippen LogP) is 2.23. The van der Waals surface area contributed by atoms with Gasteiger partial charge in [-0.25, -0.2) is 0 Å². The minimum absolute atomic E-state index is 0.138. The Morgan fingerprint density at radius 1 is 0.700 bits per heavy atom. The number of para-hydroxylation sites is 2. The molecule has 2 aromatic heterocycles. The highest BCUT2D eigenvalue weighted by Crippen LogP contribution is 2.17. The van der Waals surface area contributed by atoms with Gasteiger partial charge in [-0.3, -0.25) is 28.3 Å². The minimum Gasteiger partial charge on any atom is -0.461 e. The summed E-state index contributed by atoms with van der Waals surface area (Å²) in [7, 11) is 0. The second-order valence-electron chi connectivity index (χ2n) is 6.28. The molecule has 0 saturated heterocycles. The maximum atomic E-state index is 12.0. The summed E-state index contributed by atoms with van der Waals surface area (Å²) >= 11 is 2.12. The third-order valence-electron chi connectivity index (χ3n) is 4.33. The zero-order chi connectivity index (χ0) is 21.1. The molecule has 8 nitrogen and oxygen atoms in total. The van der Waals surface area contributed by atoms with Gasteiger partial charge >= 0.3 is 21.7 Å². The number of aromatic nitrogens is 2. The first-order valence-electron chi connectivity index (χ1n) is 9.01. The molecule has 0 saturated carbocycles. The largest absolute Gasteiger partial charge is 0.461 e. The van der Waals surface area contributed by atoms with Gasteiger partial charge in [0, 0.05) is 0 Å². The van der Waals surface area contributed by atoms with Crippen LogP contribution in [0.4, 0.5) is 0 Å². The van der Waals surface area contributed by atoms with Crippen LogP contribution in [0, 0.1) is 0 Å². The Balaban J connectivity index is 1.27. The molecule has 154 valence electrons. The van der Waals surface area contributed by atoms with E-state index in [4.69, 9.17) is 9.47 Å². The standard InChI is InChI=1S/C20H16N2O6S2/c23-17(11-21-13-5-1-3-7-15(13)29-19(21)25)27-9-10-28-18(24)12-22-14-6-2-4-8-16(14)30-20(22)26/h1-8H,9-12H2. The molecule has 0 aliphatic rings. The van der Waals surface area contributed by atoms with Gasteiger partial charge < -0.3 is 9.47 Å². The molecule has 30 heavy (non-hydrogen) atoms. The summed E-state index contributed by atoms with van der Waals surface area (Å²) in [4.78, 5) is 47.7. The van der Waals surface area contributed by atoms with Crippen LogP contribution in [-0.2, 0) is 32.2 Å². The third kappa shape index (κ3) is 4.19. The highest BCUT2D eigenvalue weighted by Gasteiger charge is 2.14. The monoisotopic (exact) mass is 444 g/mol. The van der Waals surface area contributed by atoms with Crippen LogP contribution in [0.25, 0.3) is 20.4 Å². The second kappa shape index (κ2) is 8.64. The van der Waals surface area contributed by atoms with Gasteiger partial charge in [-0.2, -0.15) is 0 Å². The molecule has 2 aromatic carbocycles. The highest BCUT2D eigenvalue weighted by molar-refractivity contribution is 7.16. The molecule has 0 radical (unpaired) electrons. The lowest BCUT2D eigenvalue weighted by Crippen LogP contribution is -2.24. The quantitative estimate of drug-likeness (QED) is 0.320.